The van der Waals surface area contributed by atoms with Crippen LogP contribution in [0.25, 0.3) is 5.65 Å². The highest BCUT2D eigenvalue weighted by atomic mass is 16.5. The van der Waals surface area contributed by atoms with Crippen LogP contribution in [-0.4, -0.2) is 27.6 Å². The summed E-state index contributed by atoms with van der Waals surface area (Å²) in [6.45, 7) is 0. The maximum Gasteiger partial charge on any atom is 0.303 e. The number of hydrogen-bond acceptors (Lipinski definition) is 3. The highest BCUT2D eigenvalue weighted by Crippen LogP contribution is 2.18. The van der Waals surface area contributed by atoms with E-state index in [1.165, 1.54) is 0 Å². The second-order valence-electron chi connectivity index (χ2n) is 3.43. The van der Waals surface area contributed by atoms with Crippen LogP contribution in [0.2, 0.25) is 0 Å². The number of rotatable bonds is 4. The number of carboxylic acid groups (broad SMARTS) is 1. The summed E-state index contributed by atoms with van der Waals surface area (Å²) in [5, 5.41) is 8.59. The zero-order valence-electron chi connectivity index (χ0n) is 8.88. The van der Waals surface area contributed by atoms with Gasteiger partial charge in [0.1, 0.15) is 0 Å². The van der Waals surface area contributed by atoms with Crippen LogP contribution in [0.4, 0.5) is 0 Å². The Hall–Kier alpha value is -2.04. The van der Waals surface area contributed by atoms with E-state index in [1.807, 2.05) is 28.9 Å². The zero-order valence-corrected chi connectivity index (χ0v) is 8.88. The standard InChI is InChI=1S/C11H12N2O3/c1-16-9-3-2-6-13-7-8(12-11(9)13)4-5-10(14)15/h2-3,6-7H,4-5H2,1H3,(H,14,15). The molecule has 0 radical (unpaired) electrons. The number of aliphatic carboxylic acids is 1. The van der Waals surface area contributed by atoms with Gasteiger partial charge < -0.3 is 14.2 Å². The van der Waals surface area contributed by atoms with Gasteiger partial charge in [-0.15, -0.1) is 0 Å². The molecule has 0 aliphatic carbocycles. The lowest BCUT2D eigenvalue weighted by atomic mass is 10.2. The monoisotopic (exact) mass is 220 g/mol. The van der Waals surface area contributed by atoms with Gasteiger partial charge in [0.15, 0.2) is 11.4 Å². The Morgan fingerprint density at radius 3 is 3.12 bits per heavy atom. The highest BCUT2D eigenvalue weighted by Gasteiger charge is 2.07. The molecule has 2 aromatic heterocycles. The van der Waals surface area contributed by atoms with Crippen LogP contribution in [0, 0.1) is 0 Å². The molecule has 16 heavy (non-hydrogen) atoms. The molecule has 0 atom stereocenters. The molecule has 2 aromatic rings. The number of hydrogen-bond donors (Lipinski definition) is 1. The summed E-state index contributed by atoms with van der Waals surface area (Å²) < 4.78 is 7.00. The van der Waals surface area contributed by atoms with E-state index in [2.05, 4.69) is 4.98 Å². The van der Waals surface area contributed by atoms with Gasteiger partial charge in [-0.25, -0.2) is 4.98 Å². The summed E-state index contributed by atoms with van der Waals surface area (Å²) >= 11 is 0. The van der Waals surface area contributed by atoms with E-state index in [1.54, 1.807) is 7.11 Å². The Kier molecular flexibility index (Phi) is 2.76. The van der Waals surface area contributed by atoms with Gasteiger partial charge in [-0.05, 0) is 12.1 Å². The lowest BCUT2D eigenvalue weighted by molar-refractivity contribution is -0.136. The molecule has 5 heteroatoms. The number of pyridine rings is 1. The molecule has 0 bridgehead atoms. The highest BCUT2D eigenvalue weighted by molar-refractivity contribution is 5.67. The lowest BCUT2D eigenvalue weighted by Gasteiger charge is -1.99. The second-order valence-corrected chi connectivity index (χ2v) is 3.43. The van der Waals surface area contributed by atoms with Crippen molar-refractivity contribution in [3.63, 3.8) is 0 Å². The third-order valence-corrected chi connectivity index (χ3v) is 2.31. The van der Waals surface area contributed by atoms with E-state index in [0.29, 0.717) is 17.8 Å². The van der Waals surface area contributed by atoms with Crippen LogP contribution in [0.1, 0.15) is 12.1 Å². The van der Waals surface area contributed by atoms with E-state index in [4.69, 9.17) is 9.84 Å². The van der Waals surface area contributed by atoms with Crippen LogP contribution < -0.4 is 4.74 Å². The van der Waals surface area contributed by atoms with Crippen LogP contribution in [0.3, 0.4) is 0 Å². The summed E-state index contributed by atoms with van der Waals surface area (Å²) in [7, 11) is 1.58. The molecule has 0 aliphatic rings. The molecule has 0 fully saturated rings. The van der Waals surface area contributed by atoms with Crippen LogP contribution >= 0.6 is 0 Å². The molecule has 2 rings (SSSR count). The molecule has 0 spiro atoms. The summed E-state index contributed by atoms with van der Waals surface area (Å²) in [6.07, 6.45) is 4.20. The van der Waals surface area contributed by atoms with Crippen molar-refractivity contribution in [3.05, 3.63) is 30.2 Å². The average Bonchev–Trinajstić information content (AvgIpc) is 2.68. The first-order chi connectivity index (χ1) is 7.70. The molecule has 0 saturated heterocycles. The van der Waals surface area contributed by atoms with Gasteiger partial charge in [0.25, 0.3) is 0 Å². The van der Waals surface area contributed by atoms with Gasteiger partial charge in [0.2, 0.25) is 0 Å². The van der Waals surface area contributed by atoms with Crippen molar-refractivity contribution in [2.45, 2.75) is 12.8 Å². The normalized spacial score (nSPS) is 10.6. The van der Waals surface area contributed by atoms with Crippen LogP contribution in [0.15, 0.2) is 24.5 Å². The third-order valence-electron chi connectivity index (χ3n) is 2.31. The number of aryl methyl sites for hydroxylation is 1. The van der Waals surface area contributed by atoms with Crippen LogP contribution in [0.5, 0.6) is 5.75 Å². The predicted molar refractivity (Wildman–Crippen MR) is 57.7 cm³/mol. The third kappa shape index (κ3) is 1.98. The zero-order chi connectivity index (χ0) is 11.5. The van der Waals surface area contributed by atoms with Gasteiger partial charge in [-0.1, -0.05) is 0 Å². The fourth-order valence-corrected chi connectivity index (χ4v) is 1.55. The first-order valence-electron chi connectivity index (χ1n) is 4.93. The van der Waals surface area contributed by atoms with Gasteiger partial charge >= 0.3 is 5.97 Å². The molecule has 2 heterocycles. The number of nitrogens with zero attached hydrogens (tertiary/aromatic N) is 2. The number of carboxylic acids is 1. The maximum atomic E-state index is 10.5. The van der Waals surface area contributed by atoms with E-state index >= 15 is 0 Å². The number of fused-ring (bicyclic) bond motifs is 1. The second kappa shape index (κ2) is 4.22. The van der Waals surface area contributed by atoms with Crippen molar-refractivity contribution in [3.8, 4) is 5.75 Å². The minimum absolute atomic E-state index is 0.0895. The molecule has 0 aliphatic heterocycles. The lowest BCUT2D eigenvalue weighted by Crippen LogP contribution is -1.97. The van der Waals surface area contributed by atoms with E-state index in [-0.39, 0.29) is 6.42 Å². The molecule has 0 unspecified atom stereocenters. The van der Waals surface area contributed by atoms with Gasteiger partial charge in [-0.3, -0.25) is 4.79 Å². The molecule has 0 saturated carbocycles. The Morgan fingerprint density at radius 2 is 2.44 bits per heavy atom. The van der Waals surface area contributed by atoms with Crippen molar-refractivity contribution in [2.75, 3.05) is 7.11 Å². The van der Waals surface area contributed by atoms with Crippen molar-refractivity contribution in [1.29, 1.82) is 0 Å². The van der Waals surface area contributed by atoms with Gasteiger partial charge in [0.05, 0.1) is 19.2 Å². The van der Waals surface area contributed by atoms with E-state index in [9.17, 15) is 4.79 Å². The first kappa shape index (κ1) is 10.5. The Bertz CT molecular complexity index is 519. The maximum absolute atomic E-state index is 10.5. The molecule has 5 nitrogen and oxygen atoms in total. The quantitative estimate of drug-likeness (QED) is 0.845. The number of aromatic nitrogens is 2. The molecule has 0 aromatic carbocycles. The molecular weight excluding hydrogens is 208 g/mol. The number of methoxy groups -OCH3 is 1. The topological polar surface area (TPSA) is 63.8 Å². The van der Waals surface area contributed by atoms with E-state index < -0.39 is 5.97 Å². The molecule has 1 N–H and O–H groups in total. The minimum Gasteiger partial charge on any atom is -0.493 e. The molecular formula is C11H12N2O3. The Morgan fingerprint density at radius 1 is 1.62 bits per heavy atom. The van der Waals surface area contributed by atoms with Gasteiger partial charge in [0, 0.05) is 18.8 Å². The Labute approximate surface area is 92.3 Å². The number of ether oxygens (including phenoxy) is 1. The fraction of sp³-hybridized carbons (Fsp3) is 0.273. The largest absolute Gasteiger partial charge is 0.493 e. The van der Waals surface area contributed by atoms with E-state index in [0.717, 1.165) is 5.69 Å². The number of imidazole rings is 1. The summed E-state index contributed by atoms with van der Waals surface area (Å²) in [4.78, 5) is 14.8. The van der Waals surface area contributed by atoms with Crippen molar-refractivity contribution in [1.82, 2.24) is 9.38 Å². The number of carbonyl (C=O) groups is 1. The SMILES string of the molecule is COc1cccn2cc(CCC(=O)O)nc12. The van der Waals surface area contributed by atoms with Crippen molar-refractivity contribution in [2.24, 2.45) is 0 Å². The predicted octanol–water partition coefficient (Wildman–Crippen LogP) is 1.36. The Balaban J connectivity index is 2.32. The van der Waals surface area contributed by atoms with Crippen molar-refractivity contribution < 1.29 is 14.6 Å². The summed E-state index contributed by atoms with van der Waals surface area (Å²) in [5.74, 6) is -0.131. The minimum atomic E-state index is -0.816. The summed E-state index contributed by atoms with van der Waals surface area (Å²) in [5.41, 5.74) is 1.47. The van der Waals surface area contributed by atoms with Crippen LogP contribution in [-0.2, 0) is 11.2 Å². The van der Waals surface area contributed by atoms with Gasteiger partial charge in [-0.2, -0.15) is 0 Å². The first-order valence-corrected chi connectivity index (χ1v) is 4.93. The summed E-state index contributed by atoms with van der Waals surface area (Å²) in [6, 6.07) is 3.68. The smallest absolute Gasteiger partial charge is 0.303 e. The molecule has 84 valence electrons. The van der Waals surface area contributed by atoms with Crippen molar-refractivity contribution >= 4 is 11.6 Å². The fourth-order valence-electron chi connectivity index (χ4n) is 1.55. The molecule has 0 amide bonds. The average molecular weight is 220 g/mol.